The first kappa shape index (κ1) is 12.1. The van der Waals surface area contributed by atoms with Gasteiger partial charge in [0.25, 0.3) is 11.8 Å². The van der Waals surface area contributed by atoms with E-state index in [1.54, 1.807) is 30.3 Å². The number of imide groups is 1. The Morgan fingerprint density at radius 2 is 1.63 bits per heavy atom. The number of amides is 2. The van der Waals surface area contributed by atoms with Gasteiger partial charge in [-0.05, 0) is 18.2 Å². The van der Waals surface area contributed by atoms with Crippen LogP contribution in [0.2, 0.25) is 0 Å². The first-order chi connectivity index (χ1) is 9.22. The van der Waals surface area contributed by atoms with Crippen molar-refractivity contribution in [3.05, 3.63) is 48.0 Å². The standard InChI is InChI=1S/C14H13NO4/c1-2-12-18-7-9(8-19-12)15-13(16)10-5-3-4-6-11(10)14(15)17/h2-6,9,12H,1,7-8H2/t9-,12-. The van der Waals surface area contributed by atoms with E-state index < -0.39 is 6.29 Å². The van der Waals surface area contributed by atoms with Gasteiger partial charge >= 0.3 is 0 Å². The number of benzene rings is 1. The SMILES string of the molecule is C=C[C@H]1OC[C@H](N2C(=O)c3ccccc3C2=O)CO1. The second-order valence-corrected chi connectivity index (χ2v) is 4.45. The Morgan fingerprint density at radius 1 is 1.11 bits per heavy atom. The molecule has 0 bridgehead atoms. The highest BCUT2D eigenvalue weighted by atomic mass is 16.7. The lowest BCUT2D eigenvalue weighted by Crippen LogP contribution is -2.49. The van der Waals surface area contributed by atoms with Gasteiger partial charge in [-0.25, -0.2) is 0 Å². The fourth-order valence-electron chi connectivity index (χ4n) is 2.33. The average Bonchev–Trinajstić information content (AvgIpc) is 2.72. The fourth-order valence-corrected chi connectivity index (χ4v) is 2.33. The van der Waals surface area contributed by atoms with E-state index in [1.165, 1.54) is 4.90 Å². The van der Waals surface area contributed by atoms with E-state index in [1.807, 2.05) is 0 Å². The van der Waals surface area contributed by atoms with Gasteiger partial charge in [0.15, 0.2) is 6.29 Å². The lowest BCUT2D eigenvalue weighted by Gasteiger charge is -2.32. The van der Waals surface area contributed by atoms with E-state index in [2.05, 4.69) is 6.58 Å². The van der Waals surface area contributed by atoms with Crippen molar-refractivity contribution < 1.29 is 19.1 Å². The van der Waals surface area contributed by atoms with Gasteiger partial charge in [0.05, 0.1) is 30.4 Å². The summed E-state index contributed by atoms with van der Waals surface area (Å²) in [6.45, 7) is 4.10. The zero-order valence-electron chi connectivity index (χ0n) is 10.2. The number of fused-ring (bicyclic) bond motifs is 1. The van der Waals surface area contributed by atoms with Crippen molar-refractivity contribution in [2.24, 2.45) is 0 Å². The summed E-state index contributed by atoms with van der Waals surface area (Å²) >= 11 is 0. The Morgan fingerprint density at radius 3 is 2.11 bits per heavy atom. The van der Waals surface area contributed by atoms with Gasteiger partial charge < -0.3 is 9.47 Å². The number of ether oxygens (including phenoxy) is 2. The molecule has 5 heteroatoms. The molecule has 1 aromatic carbocycles. The summed E-state index contributed by atoms with van der Waals surface area (Å²) in [5.41, 5.74) is 0.886. The van der Waals surface area contributed by atoms with E-state index in [0.29, 0.717) is 11.1 Å². The van der Waals surface area contributed by atoms with Crippen molar-refractivity contribution in [3.8, 4) is 0 Å². The van der Waals surface area contributed by atoms with Crippen LogP contribution in [0.5, 0.6) is 0 Å². The number of nitrogens with zero attached hydrogens (tertiary/aromatic N) is 1. The molecule has 0 N–H and O–H groups in total. The molecule has 1 saturated heterocycles. The smallest absolute Gasteiger partial charge is 0.261 e. The minimum absolute atomic E-state index is 0.266. The molecule has 0 spiro atoms. The Balaban J connectivity index is 1.83. The molecule has 2 heterocycles. The van der Waals surface area contributed by atoms with Crippen molar-refractivity contribution in [2.45, 2.75) is 12.3 Å². The summed E-state index contributed by atoms with van der Waals surface area (Å²) in [6, 6.07) is 6.42. The molecular weight excluding hydrogens is 246 g/mol. The monoisotopic (exact) mass is 259 g/mol. The zero-order chi connectivity index (χ0) is 13.4. The van der Waals surface area contributed by atoms with Crippen LogP contribution in [-0.2, 0) is 9.47 Å². The lowest BCUT2D eigenvalue weighted by atomic mass is 10.1. The average molecular weight is 259 g/mol. The largest absolute Gasteiger partial charge is 0.347 e. The summed E-state index contributed by atoms with van der Waals surface area (Å²) in [5, 5.41) is 0. The summed E-state index contributed by atoms with van der Waals surface area (Å²) < 4.78 is 10.7. The topological polar surface area (TPSA) is 55.8 Å². The Hall–Kier alpha value is -1.98. The molecule has 0 saturated carbocycles. The molecular formula is C14H13NO4. The summed E-state index contributed by atoms with van der Waals surface area (Å²) in [7, 11) is 0. The third kappa shape index (κ3) is 1.87. The molecule has 3 rings (SSSR count). The van der Waals surface area contributed by atoms with Gasteiger partial charge in [-0.3, -0.25) is 14.5 Å². The third-order valence-corrected chi connectivity index (χ3v) is 3.29. The predicted octanol–water partition coefficient (Wildman–Crippen LogP) is 1.21. The molecule has 1 fully saturated rings. The summed E-state index contributed by atoms with van der Waals surface area (Å²) in [4.78, 5) is 25.7. The van der Waals surface area contributed by atoms with E-state index in [0.717, 1.165) is 0 Å². The highest BCUT2D eigenvalue weighted by molar-refractivity contribution is 6.21. The number of hydrogen-bond donors (Lipinski definition) is 0. The highest BCUT2D eigenvalue weighted by Crippen LogP contribution is 2.26. The predicted molar refractivity (Wildman–Crippen MR) is 66.6 cm³/mol. The van der Waals surface area contributed by atoms with Crippen LogP contribution in [-0.4, -0.2) is 42.3 Å². The van der Waals surface area contributed by atoms with Crippen LogP contribution < -0.4 is 0 Å². The Bertz CT molecular complexity index is 511. The number of hydrogen-bond acceptors (Lipinski definition) is 4. The first-order valence-electron chi connectivity index (χ1n) is 6.05. The normalized spacial score (nSPS) is 26.4. The number of carbonyl (C=O) groups excluding carboxylic acids is 2. The van der Waals surface area contributed by atoms with Crippen LogP contribution in [0.1, 0.15) is 20.7 Å². The van der Waals surface area contributed by atoms with Crippen molar-refractivity contribution in [3.63, 3.8) is 0 Å². The van der Waals surface area contributed by atoms with Crippen LogP contribution in [0, 0.1) is 0 Å². The van der Waals surface area contributed by atoms with Crippen LogP contribution in [0.15, 0.2) is 36.9 Å². The minimum atomic E-state index is -0.466. The molecule has 0 aromatic heterocycles. The van der Waals surface area contributed by atoms with Gasteiger partial charge in [0.2, 0.25) is 0 Å². The van der Waals surface area contributed by atoms with Gasteiger partial charge in [-0.1, -0.05) is 18.7 Å². The van der Waals surface area contributed by atoms with Crippen LogP contribution in [0.3, 0.4) is 0 Å². The second kappa shape index (κ2) is 4.60. The first-order valence-corrected chi connectivity index (χ1v) is 6.05. The Kier molecular flexibility index (Phi) is 2.93. The molecule has 0 radical (unpaired) electrons. The second-order valence-electron chi connectivity index (χ2n) is 4.45. The molecule has 2 amide bonds. The lowest BCUT2D eigenvalue weighted by molar-refractivity contribution is -0.171. The third-order valence-electron chi connectivity index (χ3n) is 3.29. The van der Waals surface area contributed by atoms with Crippen LogP contribution >= 0.6 is 0 Å². The molecule has 0 aliphatic carbocycles. The molecule has 5 nitrogen and oxygen atoms in total. The number of rotatable bonds is 2. The van der Waals surface area contributed by atoms with Gasteiger partial charge in [0, 0.05) is 0 Å². The van der Waals surface area contributed by atoms with Gasteiger partial charge in [-0.2, -0.15) is 0 Å². The molecule has 19 heavy (non-hydrogen) atoms. The van der Waals surface area contributed by atoms with Crippen LogP contribution in [0.25, 0.3) is 0 Å². The van der Waals surface area contributed by atoms with E-state index >= 15 is 0 Å². The van der Waals surface area contributed by atoms with Crippen molar-refractivity contribution in [2.75, 3.05) is 13.2 Å². The van der Waals surface area contributed by atoms with Crippen LogP contribution in [0.4, 0.5) is 0 Å². The molecule has 1 aromatic rings. The molecule has 2 aliphatic heterocycles. The molecule has 2 aliphatic rings. The van der Waals surface area contributed by atoms with Gasteiger partial charge in [0.1, 0.15) is 0 Å². The van der Waals surface area contributed by atoms with E-state index in [9.17, 15) is 9.59 Å². The van der Waals surface area contributed by atoms with E-state index in [4.69, 9.17) is 9.47 Å². The maximum atomic E-state index is 12.2. The molecule has 98 valence electrons. The maximum Gasteiger partial charge on any atom is 0.261 e. The van der Waals surface area contributed by atoms with Gasteiger partial charge in [-0.15, -0.1) is 0 Å². The fraction of sp³-hybridized carbons (Fsp3) is 0.286. The van der Waals surface area contributed by atoms with Crippen molar-refractivity contribution >= 4 is 11.8 Å². The minimum Gasteiger partial charge on any atom is -0.347 e. The zero-order valence-corrected chi connectivity index (χ0v) is 10.2. The number of carbonyl (C=O) groups is 2. The summed E-state index contributed by atoms with van der Waals surface area (Å²) in [5.74, 6) is -0.565. The highest BCUT2D eigenvalue weighted by Gasteiger charge is 2.41. The summed E-state index contributed by atoms with van der Waals surface area (Å²) in [6.07, 6.45) is 1.07. The maximum absolute atomic E-state index is 12.2. The quantitative estimate of drug-likeness (QED) is 0.591. The van der Waals surface area contributed by atoms with Crippen molar-refractivity contribution in [1.29, 1.82) is 0 Å². The van der Waals surface area contributed by atoms with Crippen molar-refractivity contribution in [1.82, 2.24) is 4.90 Å². The Labute approximate surface area is 110 Å². The molecule has 0 atom stereocenters. The van der Waals surface area contributed by atoms with E-state index in [-0.39, 0.29) is 31.1 Å². The molecule has 0 unspecified atom stereocenters.